The number of halogens is 1. The molecule has 0 saturated heterocycles. The molecule has 0 saturated carbocycles. The van der Waals surface area contributed by atoms with Crippen molar-refractivity contribution in [2.75, 3.05) is 6.54 Å². The summed E-state index contributed by atoms with van der Waals surface area (Å²) in [6.45, 7) is -0.0359. The van der Waals surface area contributed by atoms with Crippen molar-refractivity contribution in [1.82, 2.24) is 34.6 Å². The highest BCUT2D eigenvalue weighted by molar-refractivity contribution is 5.79. The lowest BCUT2D eigenvalue weighted by atomic mass is 10.1. The van der Waals surface area contributed by atoms with Gasteiger partial charge < -0.3 is 5.73 Å². The monoisotopic (exact) mass is 368 g/mol. The lowest BCUT2D eigenvalue weighted by molar-refractivity contribution is 0.315. The summed E-state index contributed by atoms with van der Waals surface area (Å²) in [5, 5.41) is 11.5. The zero-order valence-corrected chi connectivity index (χ0v) is 13.9. The molecule has 4 rings (SSSR count). The van der Waals surface area contributed by atoms with Crippen LogP contribution >= 0.6 is 0 Å². The van der Waals surface area contributed by atoms with Crippen LogP contribution in [0.1, 0.15) is 0 Å². The van der Waals surface area contributed by atoms with Crippen molar-refractivity contribution in [3.8, 4) is 17.1 Å². The summed E-state index contributed by atoms with van der Waals surface area (Å²) >= 11 is 0. The number of aromatic nitrogens is 7. The van der Waals surface area contributed by atoms with Crippen molar-refractivity contribution in [3.05, 3.63) is 59.3 Å². The number of fused-ring (bicyclic) bond motifs is 1. The highest BCUT2D eigenvalue weighted by Crippen LogP contribution is 2.20. The predicted molar refractivity (Wildman–Crippen MR) is 92.5 cm³/mol. The Morgan fingerprint density at radius 2 is 2.07 bits per heavy atom. The number of nitrogens with zero attached hydrogens (tertiary/aromatic N) is 7. The smallest absolute Gasteiger partial charge is 0.327 e. The maximum atomic E-state index is 12.7. The molecule has 0 unspecified atom stereocenters. The van der Waals surface area contributed by atoms with Crippen molar-refractivity contribution in [2.45, 2.75) is 6.54 Å². The Morgan fingerprint density at radius 1 is 1.22 bits per heavy atom. The maximum absolute atomic E-state index is 12.7. The van der Waals surface area contributed by atoms with Gasteiger partial charge in [0.25, 0.3) is 0 Å². The molecule has 3 aromatic heterocycles. The Balaban J connectivity index is 1.62. The van der Waals surface area contributed by atoms with Gasteiger partial charge in [-0.3, -0.25) is 4.98 Å². The molecule has 0 spiro atoms. The van der Waals surface area contributed by atoms with Crippen LogP contribution in [0.25, 0.3) is 28.1 Å². The second-order valence-corrected chi connectivity index (χ2v) is 5.64. The first-order valence-corrected chi connectivity index (χ1v) is 7.87. The largest absolute Gasteiger partial charge is 0.351 e. The van der Waals surface area contributed by atoms with Crippen molar-refractivity contribution in [1.29, 1.82) is 0 Å². The molecule has 0 atom stereocenters. The molecule has 0 radical (unpaired) electrons. The molecule has 0 aliphatic heterocycles. The van der Waals surface area contributed by atoms with E-state index in [9.17, 15) is 9.18 Å². The van der Waals surface area contributed by atoms with Gasteiger partial charge in [0.05, 0.1) is 31.0 Å². The quantitative estimate of drug-likeness (QED) is 0.548. The zero-order chi connectivity index (χ0) is 18.8. The summed E-state index contributed by atoms with van der Waals surface area (Å²) < 4.78 is 19.6. The molecule has 0 aliphatic carbocycles. The summed E-state index contributed by atoms with van der Waals surface area (Å²) in [5.41, 5.74) is 7.80. The van der Waals surface area contributed by atoms with E-state index in [0.29, 0.717) is 23.1 Å². The van der Waals surface area contributed by atoms with Gasteiger partial charge in [0.1, 0.15) is 17.4 Å². The zero-order valence-electron chi connectivity index (χ0n) is 13.9. The minimum absolute atomic E-state index is 0.00428. The molecule has 27 heavy (non-hydrogen) atoms. The molecule has 2 N–H and O–H groups in total. The van der Waals surface area contributed by atoms with Gasteiger partial charge >= 0.3 is 5.69 Å². The Morgan fingerprint density at radius 3 is 2.81 bits per heavy atom. The van der Waals surface area contributed by atoms with E-state index in [1.54, 1.807) is 12.1 Å². The number of hydrogen-bond donors (Lipinski definition) is 1. The van der Waals surface area contributed by atoms with E-state index in [1.807, 2.05) is 6.07 Å². The average Bonchev–Trinajstić information content (AvgIpc) is 3.32. The predicted octanol–water partition coefficient (Wildman–Crippen LogP) is 0.839. The van der Waals surface area contributed by atoms with Crippen LogP contribution in [0.3, 0.4) is 0 Å². The third kappa shape index (κ3) is 3.11. The number of hydrogen-bond acceptors (Lipinski definition) is 8. The van der Waals surface area contributed by atoms with Crippen LogP contribution in [-0.4, -0.2) is 41.2 Å². The van der Waals surface area contributed by atoms with E-state index in [-0.39, 0.29) is 24.5 Å². The average molecular weight is 368 g/mol. The normalized spacial score (nSPS) is 12.0. The van der Waals surface area contributed by atoms with Crippen LogP contribution < -0.4 is 11.4 Å². The van der Waals surface area contributed by atoms with E-state index in [1.165, 1.54) is 23.3 Å². The van der Waals surface area contributed by atoms with Crippen molar-refractivity contribution < 1.29 is 9.02 Å². The van der Waals surface area contributed by atoms with Crippen LogP contribution in [0, 0.1) is 0 Å². The van der Waals surface area contributed by atoms with E-state index >= 15 is 0 Å². The highest BCUT2D eigenvalue weighted by atomic mass is 19.1. The molecular formula is C16H13FN8O2. The molecular weight excluding hydrogens is 355 g/mol. The fraction of sp³-hybridized carbons (Fsp3) is 0.125. The van der Waals surface area contributed by atoms with Gasteiger partial charge in [0, 0.05) is 12.1 Å². The lowest BCUT2D eigenvalue weighted by Crippen LogP contribution is -2.26. The number of nitrogens with two attached hydrogens (primary N) is 1. The summed E-state index contributed by atoms with van der Waals surface area (Å²) in [5.74, 6) is 0.290. The standard InChI is InChI=1S/C16H13FN8O2/c17-4-10(5-18)8-25-16(26)24(9-21-25)15-7-19-14(6-20-15)11-1-2-12-13(3-11)23-27-22-12/h1-4,6-7,9H,5,8,18H2/b10-4+. The van der Waals surface area contributed by atoms with Crippen LogP contribution in [0.15, 0.2) is 58.2 Å². The van der Waals surface area contributed by atoms with Gasteiger partial charge in [-0.25, -0.2) is 28.0 Å². The van der Waals surface area contributed by atoms with Gasteiger partial charge in [0.15, 0.2) is 5.82 Å². The van der Waals surface area contributed by atoms with E-state index in [4.69, 9.17) is 5.73 Å². The molecule has 0 aliphatic rings. The molecule has 10 nitrogen and oxygen atoms in total. The fourth-order valence-corrected chi connectivity index (χ4v) is 2.47. The Bertz CT molecular complexity index is 1180. The third-order valence-electron chi connectivity index (χ3n) is 3.94. The summed E-state index contributed by atoms with van der Waals surface area (Å²) in [6.07, 6.45) is 4.65. The lowest BCUT2D eigenvalue weighted by Gasteiger charge is -2.03. The molecule has 4 aromatic rings. The minimum atomic E-state index is -0.472. The summed E-state index contributed by atoms with van der Waals surface area (Å²) in [7, 11) is 0. The topological polar surface area (TPSA) is 131 Å². The second-order valence-electron chi connectivity index (χ2n) is 5.64. The van der Waals surface area contributed by atoms with Gasteiger partial charge in [0.2, 0.25) is 0 Å². The van der Waals surface area contributed by atoms with Crippen molar-refractivity contribution in [2.24, 2.45) is 5.73 Å². The fourth-order valence-electron chi connectivity index (χ4n) is 2.47. The third-order valence-corrected chi connectivity index (χ3v) is 3.94. The molecule has 1 aromatic carbocycles. The van der Waals surface area contributed by atoms with Gasteiger partial charge in [-0.2, -0.15) is 5.10 Å². The molecule has 11 heteroatoms. The number of benzene rings is 1. The van der Waals surface area contributed by atoms with E-state index in [0.717, 1.165) is 10.2 Å². The highest BCUT2D eigenvalue weighted by Gasteiger charge is 2.11. The summed E-state index contributed by atoms with van der Waals surface area (Å²) in [4.78, 5) is 21.0. The summed E-state index contributed by atoms with van der Waals surface area (Å²) in [6, 6.07) is 5.36. The van der Waals surface area contributed by atoms with Crippen molar-refractivity contribution >= 4 is 11.0 Å². The van der Waals surface area contributed by atoms with Crippen LogP contribution in [0.4, 0.5) is 4.39 Å². The Labute approximate surface area is 150 Å². The maximum Gasteiger partial charge on any atom is 0.351 e. The van der Waals surface area contributed by atoms with Crippen LogP contribution in [0.5, 0.6) is 0 Å². The van der Waals surface area contributed by atoms with Crippen LogP contribution in [-0.2, 0) is 6.54 Å². The molecule has 0 amide bonds. The molecule has 3 heterocycles. The first kappa shape index (κ1) is 16.7. The van der Waals surface area contributed by atoms with Gasteiger partial charge in [-0.05, 0) is 28.0 Å². The Hall–Kier alpha value is -3.73. The van der Waals surface area contributed by atoms with Crippen LogP contribution in [0.2, 0.25) is 0 Å². The molecule has 0 fully saturated rings. The number of rotatable bonds is 5. The van der Waals surface area contributed by atoms with Crippen molar-refractivity contribution in [3.63, 3.8) is 0 Å². The van der Waals surface area contributed by atoms with E-state index in [2.05, 4.69) is 30.0 Å². The SMILES string of the molecule is NC/C(=C\F)Cn1ncn(-c2cnc(-c3ccc4nonc4c3)cn2)c1=O. The molecule has 136 valence electrons. The first-order chi connectivity index (χ1) is 13.2. The van der Waals surface area contributed by atoms with E-state index < -0.39 is 5.69 Å². The van der Waals surface area contributed by atoms with Gasteiger partial charge in [-0.1, -0.05) is 6.07 Å². The first-order valence-electron chi connectivity index (χ1n) is 7.87. The second kappa shape index (κ2) is 6.88. The Kier molecular flexibility index (Phi) is 4.26. The minimum Gasteiger partial charge on any atom is -0.327 e. The molecule has 0 bridgehead atoms. The van der Waals surface area contributed by atoms with Gasteiger partial charge in [-0.15, -0.1) is 0 Å².